The van der Waals surface area contributed by atoms with E-state index in [1.807, 2.05) is 12.2 Å². The highest BCUT2D eigenvalue weighted by Gasteiger charge is 2.39. The zero-order chi connectivity index (χ0) is 14.0. The fraction of sp³-hybridized carbons (Fsp3) is 0.214. The van der Waals surface area contributed by atoms with Gasteiger partial charge < -0.3 is 5.11 Å². The van der Waals surface area contributed by atoms with Gasteiger partial charge in [-0.15, -0.1) is 0 Å². The number of fused-ring (bicyclic) bond motifs is 5. The number of halogens is 2. The summed E-state index contributed by atoms with van der Waals surface area (Å²) >= 11 is 5.74. The molecule has 0 amide bonds. The van der Waals surface area contributed by atoms with Crippen LogP contribution in [0.1, 0.15) is 24.1 Å². The molecule has 0 unspecified atom stereocenters. The van der Waals surface area contributed by atoms with Gasteiger partial charge in [-0.05, 0) is 24.6 Å². The van der Waals surface area contributed by atoms with Crippen LogP contribution in [-0.4, -0.2) is 14.2 Å². The van der Waals surface area contributed by atoms with Crippen molar-refractivity contribution in [3.05, 3.63) is 57.4 Å². The molecule has 102 valence electrons. The predicted octanol–water partition coefficient (Wildman–Crippen LogP) is 2.74. The van der Waals surface area contributed by atoms with E-state index in [9.17, 15) is 14.3 Å². The number of aromatic hydroxyl groups is 1. The van der Waals surface area contributed by atoms with E-state index < -0.39 is 5.82 Å². The minimum atomic E-state index is -0.559. The van der Waals surface area contributed by atoms with E-state index in [-0.39, 0.29) is 28.6 Å². The van der Waals surface area contributed by atoms with Crippen molar-refractivity contribution in [2.24, 2.45) is 0 Å². The molecule has 0 fully saturated rings. The Morgan fingerprint density at radius 1 is 1.35 bits per heavy atom. The van der Waals surface area contributed by atoms with Crippen molar-refractivity contribution in [1.29, 1.82) is 0 Å². The lowest BCUT2D eigenvalue weighted by Gasteiger charge is -2.06. The highest BCUT2D eigenvalue weighted by Crippen LogP contribution is 2.46. The number of hydrogen-bond donors (Lipinski definition) is 1. The molecule has 1 N–H and O–H groups in total. The quantitative estimate of drug-likeness (QED) is 0.822. The summed E-state index contributed by atoms with van der Waals surface area (Å²) < 4.78 is 16.0. The first-order valence-corrected chi connectivity index (χ1v) is 6.65. The second-order valence-corrected chi connectivity index (χ2v) is 5.50. The summed E-state index contributed by atoms with van der Waals surface area (Å²) in [7, 11) is 0. The Bertz CT molecular complexity index is 821. The second-order valence-electron chi connectivity index (χ2n) is 5.09. The van der Waals surface area contributed by atoms with Gasteiger partial charge in [-0.3, -0.25) is 4.57 Å². The molecular weight excluding hydrogens is 283 g/mol. The van der Waals surface area contributed by atoms with Crippen LogP contribution in [0.25, 0.3) is 5.69 Å². The van der Waals surface area contributed by atoms with Crippen molar-refractivity contribution in [1.82, 2.24) is 9.13 Å². The standard InChI is InChI=1S/C14H10ClFN2O2/c15-10-6-9(3-4-11(10)16)18-13(19)12-7-1-2-8(5-7)17(12)14(18)20/h1-4,6-8,19H,5H2/t7-,8+/m1/s1. The highest BCUT2D eigenvalue weighted by atomic mass is 35.5. The van der Waals surface area contributed by atoms with Gasteiger partial charge in [0.05, 0.1) is 22.4 Å². The molecule has 6 heteroatoms. The van der Waals surface area contributed by atoms with Gasteiger partial charge in [0, 0.05) is 5.92 Å². The van der Waals surface area contributed by atoms with Crippen LogP contribution in [0.5, 0.6) is 5.88 Å². The molecule has 0 spiro atoms. The smallest absolute Gasteiger partial charge is 0.336 e. The van der Waals surface area contributed by atoms with E-state index in [1.165, 1.54) is 22.8 Å². The lowest BCUT2D eigenvalue weighted by Crippen LogP contribution is -2.24. The molecule has 1 aromatic heterocycles. The highest BCUT2D eigenvalue weighted by molar-refractivity contribution is 6.30. The van der Waals surface area contributed by atoms with Crippen molar-refractivity contribution < 1.29 is 9.50 Å². The topological polar surface area (TPSA) is 47.2 Å². The SMILES string of the molecule is O=c1n(-c2ccc(F)c(Cl)c2)c(O)c2n1[C@H]1C=C[C@@H]2C1. The van der Waals surface area contributed by atoms with Crippen LogP contribution in [0.3, 0.4) is 0 Å². The molecular formula is C14H10ClFN2O2. The Morgan fingerprint density at radius 2 is 2.15 bits per heavy atom. The summed E-state index contributed by atoms with van der Waals surface area (Å²) in [6.45, 7) is 0. The number of hydrogen-bond acceptors (Lipinski definition) is 2. The number of aromatic nitrogens is 2. The van der Waals surface area contributed by atoms with E-state index in [0.29, 0.717) is 11.4 Å². The molecule has 2 aliphatic rings. The third kappa shape index (κ3) is 1.33. The van der Waals surface area contributed by atoms with Crippen LogP contribution in [0.15, 0.2) is 35.1 Å². The molecule has 2 heterocycles. The summed E-state index contributed by atoms with van der Waals surface area (Å²) in [5.74, 6) is -0.573. The molecule has 1 aromatic carbocycles. The van der Waals surface area contributed by atoms with E-state index in [2.05, 4.69) is 0 Å². The number of rotatable bonds is 1. The lowest BCUT2D eigenvalue weighted by molar-refractivity contribution is 0.432. The fourth-order valence-electron chi connectivity index (χ4n) is 3.12. The third-order valence-electron chi connectivity index (χ3n) is 4.00. The van der Waals surface area contributed by atoms with Gasteiger partial charge >= 0.3 is 5.69 Å². The molecule has 2 aromatic rings. The maximum Gasteiger partial charge on any atom is 0.336 e. The van der Waals surface area contributed by atoms with Gasteiger partial charge in [0.15, 0.2) is 0 Å². The average molecular weight is 293 g/mol. The van der Waals surface area contributed by atoms with Crippen molar-refractivity contribution in [2.75, 3.05) is 0 Å². The molecule has 4 rings (SSSR count). The maximum atomic E-state index is 13.2. The van der Waals surface area contributed by atoms with Crippen LogP contribution < -0.4 is 5.69 Å². The number of nitrogens with zero attached hydrogens (tertiary/aromatic N) is 2. The first-order valence-electron chi connectivity index (χ1n) is 6.28. The van der Waals surface area contributed by atoms with Crippen molar-refractivity contribution >= 4 is 11.6 Å². The maximum absolute atomic E-state index is 13.2. The van der Waals surface area contributed by atoms with E-state index >= 15 is 0 Å². The van der Waals surface area contributed by atoms with Gasteiger partial charge in [-0.1, -0.05) is 23.8 Å². The average Bonchev–Trinajstić information content (AvgIpc) is 3.08. The Labute approximate surface area is 118 Å². The van der Waals surface area contributed by atoms with Gasteiger partial charge in [0.1, 0.15) is 5.82 Å². The molecule has 0 saturated heterocycles. The summed E-state index contributed by atoms with van der Waals surface area (Å²) in [6.07, 6.45) is 4.80. The van der Waals surface area contributed by atoms with Crippen LogP contribution in [0, 0.1) is 5.82 Å². The van der Waals surface area contributed by atoms with Gasteiger partial charge in [0.2, 0.25) is 5.88 Å². The minimum absolute atomic E-state index is 0.00516. The van der Waals surface area contributed by atoms with Gasteiger partial charge in [0.25, 0.3) is 0 Å². The molecule has 1 aliphatic heterocycles. The predicted molar refractivity (Wildman–Crippen MR) is 72.2 cm³/mol. The first-order chi connectivity index (χ1) is 9.58. The molecule has 4 nitrogen and oxygen atoms in total. The number of imidazole rings is 1. The Hall–Kier alpha value is -2.01. The second kappa shape index (κ2) is 3.76. The number of allylic oxidation sites excluding steroid dienone is 2. The molecule has 20 heavy (non-hydrogen) atoms. The van der Waals surface area contributed by atoms with E-state index in [0.717, 1.165) is 6.42 Å². The Morgan fingerprint density at radius 3 is 2.85 bits per heavy atom. The van der Waals surface area contributed by atoms with Crippen LogP contribution in [0.4, 0.5) is 4.39 Å². The Balaban J connectivity index is 1.97. The van der Waals surface area contributed by atoms with Gasteiger partial charge in [-0.2, -0.15) is 0 Å². The van der Waals surface area contributed by atoms with E-state index in [1.54, 1.807) is 4.57 Å². The van der Waals surface area contributed by atoms with Crippen LogP contribution >= 0.6 is 11.6 Å². The largest absolute Gasteiger partial charge is 0.493 e. The Kier molecular flexibility index (Phi) is 2.22. The molecule has 2 bridgehead atoms. The zero-order valence-electron chi connectivity index (χ0n) is 10.3. The zero-order valence-corrected chi connectivity index (χ0v) is 11.0. The van der Waals surface area contributed by atoms with Crippen molar-refractivity contribution in [3.8, 4) is 11.6 Å². The monoisotopic (exact) mass is 292 g/mol. The first kappa shape index (κ1) is 11.8. The summed E-state index contributed by atoms with van der Waals surface area (Å²) in [5.41, 5.74) is 0.667. The lowest BCUT2D eigenvalue weighted by atomic mass is 10.1. The summed E-state index contributed by atoms with van der Waals surface area (Å²) in [5, 5.41) is 10.3. The van der Waals surface area contributed by atoms with Crippen molar-refractivity contribution in [3.63, 3.8) is 0 Å². The van der Waals surface area contributed by atoms with Crippen LogP contribution in [0.2, 0.25) is 5.02 Å². The molecule has 2 atom stereocenters. The minimum Gasteiger partial charge on any atom is -0.493 e. The molecule has 1 aliphatic carbocycles. The third-order valence-corrected chi connectivity index (χ3v) is 4.29. The summed E-state index contributed by atoms with van der Waals surface area (Å²) in [6, 6.07) is 3.95. The van der Waals surface area contributed by atoms with E-state index in [4.69, 9.17) is 11.6 Å². The normalized spacial score (nSPS) is 22.5. The number of benzene rings is 1. The van der Waals surface area contributed by atoms with Gasteiger partial charge in [-0.25, -0.2) is 13.8 Å². The summed E-state index contributed by atoms with van der Waals surface area (Å²) in [4.78, 5) is 12.5. The molecule has 0 saturated carbocycles. The van der Waals surface area contributed by atoms with Crippen LogP contribution in [-0.2, 0) is 0 Å². The fourth-order valence-corrected chi connectivity index (χ4v) is 3.29. The molecule has 0 radical (unpaired) electrons. The van der Waals surface area contributed by atoms with Crippen molar-refractivity contribution in [2.45, 2.75) is 18.4 Å².